The van der Waals surface area contributed by atoms with Gasteiger partial charge in [0.15, 0.2) is 0 Å². The van der Waals surface area contributed by atoms with Gasteiger partial charge in [0.1, 0.15) is 11.4 Å². The number of rotatable bonds is 2. The minimum Gasteiger partial charge on any atom is -0.496 e. The second-order valence-electron chi connectivity index (χ2n) is 8.31. The fraction of sp³-hybridized carbons (Fsp3) is 0.524. The fourth-order valence-electron chi connectivity index (χ4n) is 3.52. The molecule has 3 rings (SSSR count). The molecule has 28 heavy (non-hydrogen) atoms. The molecule has 0 aliphatic carbocycles. The molecule has 1 fully saturated rings. The van der Waals surface area contributed by atoms with Gasteiger partial charge in [0, 0.05) is 35.8 Å². The van der Waals surface area contributed by atoms with Crippen LogP contribution in [0.5, 0.6) is 5.75 Å². The number of carbonyl (C=O) groups excluding carboxylic acids is 1. The molecule has 0 radical (unpaired) electrons. The number of methoxy groups -OCH3 is 1. The van der Waals surface area contributed by atoms with Gasteiger partial charge in [-0.2, -0.15) is 0 Å². The maximum atomic E-state index is 12.3. The molecule has 1 aliphatic heterocycles. The zero-order valence-electron chi connectivity index (χ0n) is 17.0. The van der Waals surface area contributed by atoms with Crippen LogP contribution < -0.4 is 4.74 Å². The fourth-order valence-corrected chi connectivity index (χ4v) is 3.83. The molecule has 7 heteroatoms. The van der Waals surface area contributed by atoms with Crippen molar-refractivity contribution in [3.63, 3.8) is 0 Å². The summed E-state index contributed by atoms with van der Waals surface area (Å²) in [4.78, 5) is 18.4. The first-order valence-corrected chi connectivity index (χ1v) is 9.76. The summed E-state index contributed by atoms with van der Waals surface area (Å²) in [6.45, 7) is 8.18. The van der Waals surface area contributed by atoms with Crippen LogP contribution in [-0.2, 0) is 10.3 Å². The zero-order valence-corrected chi connectivity index (χ0v) is 17.8. The Morgan fingerprint density at radius 3 is 2.46 bits per heavy atom. The Morgan fingerprint density at radius 2 is 1.89 bits per heavy atom. The smallest absolute Gasteiger partial charge is 0.410 e. The molecule has 1 amide bonds. The molecule has 6 nitrogen and oxygen atoms in total. The van der Waals surface area contributed by atoms with Crippen molar-refractivity contribution in [3.05, 3.63) is 34.5 Å². The van der Waals surface area contributed by atoms with Crippen LogP contribution >= 0.6 is 11.6 Å². The SMILES string of the molecule is COc1cc2nc(C)cc(Cl)c2cc1C1(O)CCN(C(=O)OC(C)(C)C)CC1. The van der Waals surface area contributed by atoms with Crippen molar-refractivity contribution in [3.8, 4) is 5.75 Å². The van der Waals surface area contributed by atoms with E-state index in [4.69, 9.17) is 21.1 Å². The molecule has 0 saturated carbocycles. The lowest BCUT2D eigenvalue weighted by Crippen LogP contribution is -2.46. The lowest BCUT2D eigenvalue weighted by molar-refractivity contribution is -0.0366. The third kappa shape index (κ3) is 4.18. The summed E-state index contributed by atoms with van der Waals surface area (Å²) in [5.74, 6) is 0.565. The largest absolute Gasteiger partial charge is 0.496 e. The monoisotopic (exact) mass is 406 g/mol. The number of carbonyl (C=O) groups is 1. The second kappa shape index (κ2) is 7.41. The molecule has 2 aromatic rings. The van der Waals surface area contributed by atoms with Gasteiger partial charge in [-0.15, -0.1) is 0 Å². The molecule has 1 saturated heterocycles. The van der Waals surface area contributed by atoms with Crippen LogP contribution in [-0.4, -0.2) is 46.9 Å². The van der Waals surface area contributed by atoms with E-state index in [9.17, 15) is 9.90 Å². The molecule has 0 bridgehead atoms. The highest BCUT2D eigenvalue weighted by Crippen LogP contribution is 2.41. The lowest BCUT2D eigenvalue weighted by atomic mass is 9.83. The number of fused-ring (bicyclic) bond motifs is 1. The van der Waals surface area contributed by atoms with Gasteiger partial charge in [-0.3, -0.25) is 4.98 Å². The van der Waals surface area contributed by atoms with Crippen LogP contribution in [0.3, 0.4) is 0 Å². The highest BCUT2D eigenvalue weighted by molar-refractivity contribution is 6.35. The van der Waals surface area contributed by atoms with Gasteiger partial charge in [0.05, 0.1) is 23.3 Å². The number of nitrogens with zero attached hydrogens (tertiary/aromatic N) is 2. The summed E-state index contributed by atoms with van der Waals surface area (Å²) in [6, 6.07) is 5.46. The van der Waals surface area contributed by atoms with Gasteiger partial charge in [-0.05, 0) is 52.7 Å². The molecule has 0 spiro atoms. The number of aromatic nitrogens is 1. The predicted molar refractivity (Wildman–Crippen MR) is 109 cm³/mol. The van der Waals surface area contributed by atoms with Crippen LogP contribution in [0.15, 0.2) is 18.2 Å². The highest BCUT2D eigenvalue weighted by atomic mass is 35.5. The van der Waals surface area contributed by atoms with Gasteiger partial charge in [0.2, 0.25) is 0 Å². The number of likely N-dealkylation sites (tertiary alicyclic amines) is 1. The minimum absolute atomic E-state index is 0.359. The standard InChI is InChI=1S/C21H27ClN2O4/c1-13-10-16(22)14-11-15(18(27-5)12-17(14)23-13)21(26)6-8-24(9-7-21)19(25)28-20(2,3)4/h10-12,26H,6-9H2,1-5H3. The molecule has 1 aromatic heterocycles. The van der Waals surface area contributed by atoms with Gasteiger partial charge >= 0.3 is 6.09 Å². The van der Waals surface area contributed by atoms with E-state index in [0.29, 0.717) is 42.3 Å². The Kier molecular flexibility index (Phi) is 5.47. The van der Waals surface area contributed by atoms with Crippen molar-refractivity contribution in [2.45, 2.75) is 51.7 Å². The van der Waals surface area contributed by atoms with Gasteiger partial charge in [-0.25, -0.2) is 4.79 Å². The van der Waals surface area contributed by atoms with Crippen molar-refractivity contribution in [2.75, 3.05) is 20.2 Å². The Hall–Kier alpha value is -2.05. The molecule has 0 unspecified atom stereocenters. The molecule has 2 heterocycles. The maximum Gasteiger partial charge on any atom is 0.410 e. The van der Waals surface area contributed by atoms with E-state index in [1.54, 1.807) is 18.1 Å². The number of ether oxygens (including phenoxy) is 2. The third-order valence-electron chi connectivity index (χ3n) is 4.95. The quantitative estimate of drug-likeness (QED) is 0.799. The number of benzene rings is 1. The van der Waals surface area contributed by atoms with E-state index in [1.807, 2.05) is 39.8 Å². The van der Waals surface area contributed by atoms with Crippen molar-refractivity contribution in [1.82, 2.24) is 9.88 Å². The van der Waals surface area contributed by atoms with Crippen molar-refractivity contribution < 1.29 is 19.4 Å². The number of aliphatic hydroxyl groups is 1. The Bertz CT molecular complexity index is 899. The molecule has 1 aromatic carbocycles. The van der Waals surface area contributed by atoms with Gasteiger partial charge < -0.3 is 19.5 Å². The summed E-state index contributed by atoms with van der Waals surface area (Å²) in [7, 11) is 1.57. The minimum atomic E-state index is -1.12. The van der Waals surface area contributed by atoms with Crippen LogP contribution in [0.1, 0.15) is 44.9 Å². The third-order valence-corrected chi connectivity index (χ3v) is 5.26. The second-order valence-corrected chi connectivity index (χ2v) is 8.72. The van der Waals surface area contributed by atoms with Crippen molar-refractivity contribution >= 4 is 28.6 Å². The number of hydrogen-bond donors (Lipinski definition) is 1. The zero-order chi connectivity index (χ0) is 20.7. The van der Waals surface area contributed by atoms with Gasteiger partial charge in [-0.1, -0.05) is 11.6 Å². The normalized spacial score (nSPS) is 16.9. The number of pyridine rings is 1. The topological polar surface area (TPSA) is 71.9 Å². The maximum absolute atomic E-state index is 12.3. The van der Waals surface area contributed by atoms with E-state index in [1.165, 1.54) is 0 Å². The van der Waals surface area contributed by atoms with Crippen molar-refractivity contribution in [1.29, 1.82) is 0 Å². The number of amides is 1. The molecular formula is C21H27ClN2O4. The summed E-state index contributed by atoms with van der Waals surface area (Å²) in [5, 5.41) is 12.7. The molecular weight excluding hydrogens is 380 g/mol. The molecule has 0 atom stereocenters. The Morgan fingerprint density at radius 1 is 1.25 bits per heavy atom. The first kappa shape index (κ1) is 20.7. The van der Waals surface area contributed by atoms with E-state index in [2.05, 4.69) is 4.98 Å². The van der Waals surface area contributed by atoms with E-state index < -0.39 is 11.2 Å². The lowest BCUT2D eigenvalue weighted by Gasteiger charge is -2.39. The van der Waals surface area contributed by atoms with Crippen LogP contribution in [0, 0.1) is 6.92 Å². The van der Waals surface area contributed by atoms with E-state index >= 15 is 0 Å². The number of halogens is 1. The summed E-state index contributed by atoms with van der Waals surface area (Å²) in [6.07, 6.45) is 0.401. The molecule has 152 valence electrons. The van der Waals surface area contributed by atoms with Crippen LogP contribution in [0.2, 0.25) is 5.02 Å². The van der Waals surface area contributed by atoms with E-state index in [-0.39, 0.29) is 6.09 Å². The summed E-state index contributed by atoms with van der Waals surface area (Å²) >= 11 is 6.41. The number of hydrogen-bond acceptors (Lipinski definition) is 5. The Labute approximate surface area is 170 Å². The molecule has 1 aliphatic rings. The predicted octanol–water partition coefficient (Wildman–Crippen LogP) is 4.42. The number of piperidine rings is 1. The average Bonchev–Trinajstić information content (AvgIpc) is 2.59. The summed E-state index contributed by atoms with van der Waals surface area (Å²) < 4.78 is 11.0. The first-order chi connectivity index (χ1) is 13.0. The Balaban J connectivity index is 1.89. The van der Waals surface area contributed by atoms with E-state index in [0.717, 1.165) is 16.6 Å². The summed E-state index contributed by atoms with van der Waals surface area (Å²) in [5.41, 5.74) is 0.538. The van der Waals surface area contributed by atoms with Crippen molar-refractivity contribution in [2.24, 2.45) is 0 Å². The first-order valence-electron chi connectivity index (χ1n) is 9.38. The highest BCUT2D eigenvalue weighted by Gasteiger charge is 2.39. The average molecular weight is 407 g/mol. The molecule has 1 N–H and O–H groups in total. The van der Waals surface area contributed by atoms with Crippen LogP contribution in [0.4, 0.5) is 4.79 Å². The van der Waals surface area contributed by atoms with Crippen LogP contribution in [0.25, 0.3) is 10.9 Å². The number of aryl methyl sites for hydroxylation is 1. The van der Waals surface area contributed by atoms with Gasteiger partial charge in [0.25, 0.3) is 0 Å².